The summed E-state index contributed by atoms with van der Waals surface area (Å²) in [7, 11) is 0. The first-order valence-corrected chi connectivity index (χ1v) is 17.5. The summed E-state index contributed by atoms with van der Waals surface area (Å²) < 4.78 is 5.01. The van der Waals surface area contributed by atoms with Crippen LogP contribution in [-0.2, 0) is 0 Å². The zero-order chi connectivity index (χ0) is 32.3. The van der Waals surface area contributed by atoms with E-state index in [1.54, 1.807) is 0 Å². The van der Waals surface area contributed by atoms with Crippen LogP contribution >= 0.6 is 11.3 Å². The Labute approximate surface area is 288 Å². The second-order valence-electron chi connectivity index (χ2n) is 12.5. The van der Waals surface area contributed by atoms with Gasteiger partial charge in [0.25, 0.3) is 0 Å². The SMILES string of the molecule is c1ccc(-c2ccccc2N(c2cccc3c2sc2c4ccccc4ccc32)c2cccc3c2c2ccccc2n3-c2ccccc2)cc1. The molecule has 230 valence electrons. The van der Waals surface area contributed by atoms with Gasteiger partial charge in [-0.25, -0.2) is 0 Å². The number of rotatable bonds is 5. The van der Waals surface area contributed by atoms with Gasteiger partial charge in [-0.15, -0.1) is 11.3 Å². The Balaban J connectivity index is 1.35. The first-order valence-electron chi connectivity index (χ1n) is 16.7. The Morgan fingerprint density at radius 3 is 1.88 bits per heavy atom. The molecule has 2 nitrogen and oxygen atoms in total. The third-order valence-electron chi connectivity index (χ3n) is 9.77. The molecule has 0 bridgehead atoms. The lowest BCUT2D eigenvalue weighted by Crippen LogP contribution is -2.12. The Kier molecular flexibility index (Phi) is 6.39. The van der Waals surface area contributed by atoms with Gasteiger partial charge in [-0.05, 0) is 58.8 Å². The Bertz CT molecular complexity index is 2830. The molecule has 8 aromatic carbocycles. The summed E-state index contributed by atoms with van der Waals surface area (Å²) in [5.41, 5.74) is 9.39. The number of aromatic nitrogens is 1. The molecule has 2 aromatic heterocycles. The summed E-state index contributed by atoms with van der Waals surface area (Å²) in [6.45, 7) is 0. The molecular weight excluding hydrogens is 613 g/mol. The molecule has 0 aliphatic rings. The predicted molar refractivity (Wildman–Crippen MR) is 211 cm³/mol. The van der Waals surface area contributed by atoms with Crippen LogP contribution in [-0.4, -0.2) is 4.57 Å². The van der Waals surface area contributed by atoms with Crippen LogP contribution in [0.4, 0.5) is 17.1 Å². The maximum atomic E-state index is 2.52. The Hall–Kier alpha value is -6.16. The van der Waals surface area contributed by atoms with Crippen LogP contribution in [0, 0.1) is 0 Å². The Morgan fingerprint density at radius 2 is 1.00 bits per heavy atom. The zero-order valence-corrected chi connectivity index (χ0v) is 27.4. The molecule has 0 aliphatic heterocycles. The second-order valence-corrected chi connectivity index (χ2v) is 13.5. The fourth-order valence-corrected chi connectivity index (χ4v) is 8.99. The molecule has 0 fully saturated rings. The summed E-state index contributed by atoms with van der Waals surface area (Å²) in [6, 6.07) is 66.1. The molecule has 0 saturated heterocycles. The number of fused-ring (bicyclic) bond motifs is 8. The minimum absolute atomic E-state index is 1.15. The van der Waals surface area contributed by atoms with Crippen LogP contribution in [0.5, 0.6) is 0 Å². The van der Waals surface area contributed by atoms with Crippen molar-refractivity contribution in [1.82, 2.24) is 4.57 Å². The van der Waals surface area contributed by atoms with Gasteiger partial charge in [0, 0.05) is 37.5 Å². The molecule has 0 unspecified atom stereocenters. The number of anilines is 3. The van der Waals surface area contributed by atoms with E-state index in [1.807, 2.05) is 11.3 Å². The van der Waals surface area contributed by atoms with E-state index in [-0.39, 0.29) is 0 Å². The van der Waals surface area contributed by atoms with Crippen LogP contribution in [0.15, 0.2) is 182 Å². The van der Waals surface area contributed by atoms with Crippen molar-refractivity contribution in [3.8, 4) is 16.8 Å². The first-order chi connectivity index (χ1) is 24.3. The van der Waals surface area contributed by atoms with Crippen LogP contribution in [0.2, 0.25) is 0 Å². The Morgan fingerprint density at radius 1 is 0.388 bits per heavy atom. The average molecular weight is 643 g/mol. The number of benzene rings is 8. The second kappa shape index (κ2) is 11.2. The van der Waals surface area contributed by atoms with Gasteiger partial charge in [0.15, 0.2) is 0 Å². The number of para-hydroxylation sites is 3. The van der Waals surface area contributed by atoms with Crippen molar-refractivity contribution in [3.05, 3.63) is 182 Å². The highest BCUT2D eigenvalue weighted by molar-refractivity contribution is 7.27. The standard InChI is InChI=1S/C46H30N2S/c1-3-15-31(16-4-1)34-20-9-11-24-39(34)48(43-28-13-23-36-37-30-29-32-17-7-8-21-35(32)45(37)49-46(36)43)42-27-14-26-41-44(42)38-22-10-12-25-40(38)47(41)33-18-5-2-6-19-33/h1-30H. The molecule has 0 aliphatic carbocycles. The highest BCUT2D eigenvalue weighted by atomic mass is 32.1. The quantitative estimate of drug-likeness (QED) is 0.181. The minimum Gasteiger partial charge on any atom is -0.309 e. The summed E-state index contributed by atoms with van der Waals surface area (Å²) in [5.74, 6) is 0. The van der Waals surface area contributed by atoms with E-state index in [2.05, 4.69) is 191 Å². The number of hydrogen-bond acceptors (Lipinski definition) is 2. The van der Waals surface area contributed by atoms with E-state index in [4.69, 9.17) is 0 Å². The van der Waals surface area contributed by atoms with Gasteiger partial charge in [-0.2, -0.15) is 0 Å². The van der Waals surface area contributed by atoms with Crippen molar-refractivity contribution in [1.29, 1.82) is 0 Å². The molecule has 0 spiro atoms. The molecule has 0 atom stereocenters. The normalized spacial score (nSPS) is 11.7. The lowest BCUT2D eigenvalue weighted by Gasteiger charge is -2.29. The van der Waals surface area contributed by atoms with Crippen LogP contribution in [0.25, 0.3) is 69.6 Å². The zero-order valence-electron chi connectivity index (χ0n) is 26.6. The lowest BCUT2D eigenvalue weighted by atomic mass is 10.0. The topological polar surface area (TPSA) is 8.17 Å². The van der Waals surface area contributed by atoms with E-state index in [0.717, 1.165) is 17.1 Å². The van der Waals surface area contributed by atoms with E-state index < -0.39 is 0 Å². The van der Waals surface area contributed by atoms with Gasteiger partial charge < -0.3 is 9.47 Å². The first kappa shape index (κ1) is 27.9. The van der Waals surface area contributed by atoms with Crippen molar-refractivity contribution in [2.75, 3.05) is 4.90 Å². The van der Waals surface area contributed by atoms with E-state index >= 15 is 0 Å². The molecular formula is C46H30N2S. The predicted octanol–water partition coefficient (Wildman–Crippen LogP) is 13.4. The summed E-state index contributed by atoms with van der Waals surface area (Å²) in [6.07, 6.45) is 0. The molecule has 3 heteroatoms. The average Bonchev–Trinajstić information content (AvgIpc) is 3.73. The molecule has 0 amide bonds. The van der Waals surface area contributed by atoms with Gasteiger partial charge in [0.1, 0.15) is 0 Å². The molecule has 49 heavy (non-hydrogen) atoms. The van der Waals surface area contributed by atoms with Crippen LogP contribution < -0.4 is 4.90 Å². The fourth-order valence-electron chi connectivity index (χ4n) is 7.65. The van der Waals surface area contributed by atoms with Crippen molar-refractivity contribution in [2.45, 2.75) is 0 Å². The number of hydrogen-bond donors (Lipinski definition) is 0. The van der Waals surface area contributed by atoms with E-state index in [1.165, 1.54) is 69.6 Å². The van der Waals surface area contributed by atoms with Crippen LogP contribution in [0.3, 0.4) is 0 Å². The molecule has 2 heterocycles. The van der Waals surface area contributed by atoms with Crippen molar-refractivity contribution in [3.63, 3.8) is 0 Å². The van der Waals surface area contributed by atoms with E-state index in [0.29, 0.717) is 0 Å². The van der Waals surface area contributed by atoms with Gasteiger partial charge in [-0.3, -0.25) is 0 Å². The number of nitrogens with zero attached hydrogens (tertiary/aromatic N) is 2. The number of thiophene rings is 1. The van der Waals surface area contributed by atoms with Gasteiger partial charge in [-0.1, -0.05) is 140 Å². The maximum Gasteiger partial charge on any atom is 0.0640 e. The summed E-state index contributed by atoms with van der Waals surface area (Å²) in [5, 5.41) is 7.62. The maximum absolute atomic E-state index is 2.52. The molecule has 10 aromatic rings. The van der Waals surface area contributed by atoms with Crippen molar-refractivity contribution >= 4 is 81.1 Å². The largest absolute Gasteiger partial charge is 0.309 e. The molecule has 0 radical (unpaired) electrons. The van der Waals surface area contributed by atoms with E-state index in [9.17, 15) is 0 Å². The third kappa shape index (κ3) is 4.33. The minimum atomic E-state index is 1.15. The van der Waals surface area contributed by atoms with Crippen LogP contribution in [0.1, 0.15) is 0 Å². The summed E-state index contributed by atoms with van der Waals surface area (Å²) in [4.78, 5) is 2.52. The van der Waals surface area contributed by atoms with Crippen molar-refractivity contribution < 1.29 is 0 Å². The van der Waals surface area contributed by atoms with Crippen molar-refractivity contribution in [2.24, 2.45) is 0 Å². The molecule has 0 N–H and O–H groups in total. The highest BCUT2D eigenvalue weighted by Gasteiger charge is 2.25. The fraction of sp³-hybridized carbons (Fsp3) is 0. The molecule has 10 rings (SSSR count). The smallest absolute Gasteiger partial charge is 0.0640 e. The van der Waals surface area contributed by atoms with Gasteiger partial charge in [0.05, 0.1) is 32.8 Å². The lowest BCUT2D eigenvalue weighted by molar-refractivity contribution is 1.18. The summed E-state index contributed by atoms with van der Waals surface area (Å²) >= 11 is 1.90. The van der Waals surface area contributed by atoms with Gasteiger partial charge in [0.2, 0.25) is 0 Å². The molecule has 0 saturated carbocycles. The van der Waals surface area contributed by atoms with Gasteiger partial charge >= 0.3 is 0 Å². The third-order valence-corrected chi connectivity index (χ3v) is 11.0. The monoisotopic (exact) mass is 642 g/mol. The highest BCUT2D eigenvalue weighted by Crippen LogP contribution is 2.50.